The Morgan fingerprint density at radius 3 is 2.70 bits per heavy atom. The van der Waals surface area contributed by atoms with Gasteiger partial charge in [-0.3, -0.25) is 4.79 Å². The molecule has 0 unspecified atom stereocenters. The molecule has 0 spiro atoms. The molecule has 0 atom stereocenters. The van der Waals surface area contributed by atoms with Gasteiger partial charge in [-0.25, -0.2) is 18.2 Å². The Kier molecular flexibility index (Phi) is 5.96. The number of hydrogen-bond donors (Lipinski definition) is 1. The molecule has 1 N–H and O–H groups in total. The molecule has 0 aromatic heterocycles. The molecule has 1 heterocycles. The Balaban J connectivity index is 1.61. The first kappa shape index (κ1) is 19.6. The lowest BCUT2D eigenvalue weighted by Crippen LogP contribution is -2.26. The molecule has 5 nitrogen and oxygen atoms in total. The number of aryl methyl sites for hydroxylation is 1. The van der Waals surface area contributed by atoms with Crippen molar-refractivity contribution >= 4 is 33.2 Å². The quantitative estimate of drug-likeness (QED) is 0.470. The molecule has 142 valence electrons. The number of amides is 1. The molecule has 0 saturated carbocycles. The molecule has 0 bridgehead atoms. The molecular formula is C19H19FN2O3S2. The third-order valence-corrected chi connectivity index (χ3v) is 6.91. The molecule has 0 aliphatic carbocycles. The lowest BCUT2D eigenvalue weighted by molar-refractivity contribution is -0.120. The first-order valence-corrected chi connectivity index (χ1v) is 11.1. The van der Waals surface area contributed by atoms with Crippen molar-refractivity contribution in [2.24, 2.45) is 5.10 Å². The number of fused-ring (bicyclic) bond motifs is 1. The van der Waals surface area contributed by atoms with Crippen LogP contribution in [-0.4, -0.2) is 31.5 Å². The number of halogens is 1. The van der Waals surface area contributed by atoms with Crippen LogP contribution in [0.4, 0.5) is 4.39 Å². The van der Waals surface area contributed by atoms with E-state index in [-0.39, 0.29) is 35.0 Å². The number of thioether (sulfide) groups is 1. The fourth-order valence-corrected chi connectivity index (χ4v) is 4.99. The summed E-state index contributed by atoms with van der Waals surface area (Å²) in [5, 5.41) is 4.05. The van der Waals surface area contributed by atoms with Crippen molar-refractivity contribution in [2.75, 3.05) is 11.5 Å². The maximum absolute atomic E-state index is 13.5. The van der Waals surface area contributed by atoms with Crippen LogP contribution in [0.25, 0.3) is 0 Å². The zero-order chi connectivity index (χ0) is 19.4. The van der Waals surface area contributed by atoms with Crippen LogP contribution < -0.4 is 5.43 Å². The maximum atomic E-state index is 13.5. The summed E-state index contributed by atoms with van der Waals surface area (Å²) in [6, 6.07) is 11.5. The molecular weight excluding hydrogens is 387 g/mol. The minimum absolute atomic E-state index is 0.0538. The van der Waals surface area contributed by atoms with E-state index in [1.54, 1.807) is 11.8 Å². The summed E-state index contributed by atoms with van der Waals surface area (Å²) in [6.45, 7) is 2.02. The Bertz CT molecular complexity index is 987. The van der Waals surface area contributed by atoms with Crippen molar-refractivity contribution in [1.29, 1.82) is 0 Å². The Morgan fingerprint density at radius 2 is 1.96 bits per heavy atom. The number of carbonyl (C=O) groups excluding carboxylic acids is 1. The number of hydrogen-bond acceptors (Lipinski definition) is 5. The molecule has 2 aromatic rings. The highest BCUT2D eigenvalue weighted by Crippen LogP contribution is 2.26. The van der Waals surface area contributed by atoms with Gasteiger partial charge in [0.1, 0.15) is 5.82 Å². The third kappa shape index (κ3) is 4.95. The molecule has 2 aromatic carbocycles. The van der Waals surface area contributed by atoms with Gasteiger partial charge in [-0.05, 0) is 37.3 Å². The predicted molar refractivity (Wildman–Crippen MR) is 104 cm³/mol. The highest BCUT2D eigenvalue weighted by molar-refractivity contribution is 7.99. The molecule has 8 heteroatoms. The number of benzene rings is 2. The Labute approximate surface area is 162 Å². The van der Waals surface area contributed by atoms with Gasteiger partial charge in [-0.1, -0.05) is 17.7 Å². The number of nitrogens with one attached hydrogen (secondary N) is 1. The maximum Gasteiger partial charge on any atom is 0.240 e. The van der Waals surface area contributed by atoms with E-state index in [1.807, 2.05) is 31.2 Å². The van der Waals surface area contributed by atoms with E-state index < -0.39 is 15.7 Å². The summed E-state index contributed by atoms with van der Waals surface area (Å²) >= 11 is 1.57. The largest absolute Gasteiger partial charge is 0.273 e. The minimum Gasteiger partial charge on any atom is -0.273 e. The number of sulfone groups is 1. The smallest absolute Gasteiger partial charge is 0.240 e. The van der Waals surface area contributed by atoms with Gasteiger partial charge >= 0.3 is 0 Å². The van der Waals surface area contributed by atoms with Crippen LogP contribution in [0.1, 0.15) is 24.0 Å². The van der Waals surface area contributed by atoms with Gasteiger partial charge in [0.15, 0.2) is 9.84 Å². The summed E-state index contributed by atoms with van der Waals surface area (Å²) in [5.74, 6) is -0.323. The average molecular weight is 407 g/mol. The van der Waals surface area contributed by atoms with Gasteiger partial charge in [0.05, 0.1) is 16.4 Å². The first-order chi connectivity index (χ1) is 12.8. The Hall–Kier alpha value is -2.19. The van der Waals surface area contributed by atoms with Gasteiger partial charge < -0.3 is 0 Å². The monoisotopic (exact) mass is 406 g/mol. The van der Waals surface area contributed by atoms with Crippen molar-refractivity contribution in [3.63, 3.8) is 0 Å². The van der Waals surface area contributed by atoms with Crippen molar-refractivity contribution < 1.29 is 17.6 Å². The minimum atomic E-state index is -3.44. The zero-order valence-corrected chi connectivity index (χ0v) is 16.4. The lowest BCUT2D eigenvalue weighted by atomic mass is 10.1. The highest BCUT2D eigenvalue weighted by Gasteiger charge is 2.28. The van der Waals surface area contributed by atoms with Gasteiger partial charge in [0, 0.05) is 29.1 Å². The van der Waals surface area contributed by atoms with Gasteiger partial charge in [-0.2, -0.15) is 5.10 Å². The van der Waals surface area contributed by atoms with E-state index in [4.69, 9.17) is 0 Å². The molecule has 1 aliphatic rings. The molecule has 0 fully saturated rings. The summed E-state index contributed by atoms with van der Waals surface area (Å²) < 4.78 is 37.7. The second-order valence-electron chi connectivity index (χ2n) is 6.21. The molecule has 1 amide bonds. The SMILES string of the molecule is Cc1ccc(SCCC(=O)N/N=C2/CCS(=O)(=O)c3ccc(F)cc32)cc1. The van der Waals surface area contributed by atoms with E-state index in [2.05, 4.69) is 10.5 Å². The van der Waals surface area contributed by atoms with E-state index in [1.165, 1.54) is 11.6 Å². The standard InChI is InChI=1S/C19H19FN2O3S2/c1-13-2-5-15(6-3-13)26-10-8-19(23)22-21-17-9-11-27(24,25)18-7-4-14(20)12-16(17)18/h2-7,12H,8-11H2,1H3,(H,22,23)/b21-17-. The number of rotatable bonds is 5. The molecule has 1 aliphatic heterocycles. The van der Waals surface area contributed by atoms with Crippen LogP contribution in [0.2, 0.25) is 0 Å². The van der Waals surface area contributed by atoms with Crippen LogP contribution in [0.3, 0.4) is 0 Å². The molecule has 27 heavy (non-hydrogen) atoms. The number of nitrogens with zero attached hydrogens (tertiary/aromatic N) is 1. The number of carbonyl (C=O) groups is 1. The van der Waals surface area contributed by atoms with Crippen LogP contribution >= 0.6 is 11.8 Å². The summed E-state index contributed by atoms with van der Waals surface area (Å²) in [7, 11) is -3.44. The second kappa shape index (κ2) is 8.22. The van der Waals surface area contributed by atoms with Crippen LogP contribution in [0.5, 0.6) is 0 Å². The van der Waals surface area contributed by atoms with E-state index in [0.717, 1.165) is 17.0 Å². The van der Waals surface area contributed by atoms with Crippen molar-refractivity contribution in [2.45, 2.75) is 29.6 Å². The van der Waals surface area contributed by atoms with Crippen molar-refractivity contribution in [3.05, 3.63) is 59.4 Å². The first-order valence-electron chi connectivity index (χ1n) is 8.43. The number of hydrazone groups is 1. The summed E-state index contributed by atoms with van der Waals surface area (Å²) in [4.78, 5) is 13.2. The fraction of sp³-hybridized carbons (Fsp3) is 0.263. The summed E-state index contributed by atoms with van der Waals surface area (Å²) in [6.07, 6.45) is 0.404. The van der Waals surface area contributed by atoms with Crippen LogP contribution in [0.15, 0.2) is 57.4 Å². The van der Waals surface area contributed by atoms with Crippen LogP contribution in [0, 0.1) is 12.7 Å². The third-order valence-electron chi connectivity index (χ3n) is 4.13. The predicted octanol–water partition coefficient (Wildman–Crippen LogP) is 3.31. The molecule has 0 saturated heterocycles. The highest BCUT2D eigenvalue weighted by atomic mass is 32.2. The van der Waals surface area contributed by atoms with Gasteiger partial charge in [0.25, 0.3) is 0 Å². The Morgan fingerprint density at radius 1 is 1.22 bits per heavy atom. The van der Waals surface area contributed by atoms with Gasteiger partial charge in [0.2, 0.25) is 5.91 Å². The normalized spacial score (nSPS) is 16.7. The van der Waals surface area contributed by atoms with Crippen molar-refractivity contribution in [3.8, 4) is 0 Å². The fourth-order valence-electron chi connectivity index (χ4n) is 2.67. The van der Waals surface area contributed by atoms with Gasteiger partial charge in [-0.15, -0.1) is 11.8 Å². The molecule has 3 rings (SSSR count). The second-order valence-corrected chi connectivity index (χ2v) is 9.46. The van der Waals surface area contributed by atoms with Crippen molar-refractivity contribution in [1.82, 2.24) is 5.43 Å². The van der Waals surface area contributed by atoms with E-state index in [0.29, 0.717) is 11.5 Å². The average Bonchev–Trinajstić information content (AvgIpc) is 2.62. The van der Waals surface area contributed by atoms with E-state index >= 15 is 0 Å². The van der Waals surface area contributed by atoms with E-state index in [9.17, 15) is 17.6 Å². The molecule has 0 radical (unpaired) electrons. The zero-order valence-electron chi connectivity index (χ0n) is 14.7. The summed E-state index contributed by atoms with van der Waals surface area (Å²) in [5.41, 5.74) is 4.23. The topological polar surface area (TPSA) is 75.6 Å². The van der Waals surface area contributed by atoms with Crippen LogP contribution in [-0.2, 0) is 14.6 Å². The lowest BCUT2D eigenvalue weighted by Gasteiger charge is -2.18.